The molecule has 1 N–H and O–H groups in total. The molecule has 2 saturated heterocycles. The number of nitrogens with zero attached hydrogens (tertiary/aromatic N) is 5. The Balaban J connectivity index is 1.60. The highest BCUT2D eigenvalue weighted by atomic mass is 32.1. The third-order valence-corrected chi connectivity index (χ3v) is 10.4. The van der Waals surface area contributed by atoms with Gasteiger partial charge >= 0.3 is 5.24 Å². The molecule has 2 aromatic heterocycles. The first-order valence-corrected chi connectivity index (χ1v) is 12.3. The largest absolute Gasteiger partial charge is 0.491 e. The number of hydrogen-bond donors (Lipinski definition) is 1. The summed E-state index contributed by atoms with van der Waals surface area (Å²) in [4.78, 5) is 4.15. The number of fused-ring (bicyclic) bond motifs is 2. The normalized spacial score (nSPS) is 27.7. The van der Waals surface area contributed by atoms with E-state index in [4.69, 9.17) is 30.9 Å². The van der Waals surface area contributed by atoms with Crippen LogP contribution in [0.25, 0.3) is 11.2 Å². The van der Waals surface area contributed by atoms with E-state index in [1.54, 1.807) is 4.57 Å². The van der Waals surface area contributed by atoms with Crippen LogP contribution in [0.3, 0.4) is 0 Å². The van der Waals surface area contributed by atoms with Crippen molar-refractivity contribution in [2.24, 2.45) is 0 Å². The maximum absolute atomic E-state index is 9.84. The van der Waals surface area contributed by atoms with E-state index in [1.807, 2.05) is 0 Å². The van der Waals surface area contributed by atoms with Crippen molar-refractivity contribution in [1.29, 1.82) is 0 Å². The van der Waals surface area contributed by atoms with Crippen LogP contribution < -0.4 is 0 Å². The minimum absolute atomic E-state index is 0.0768. The van der Waals surface area contributed by atoms with E-state index < -0.39 is 26.8 Å². The Hall–Kier alpha value is -1.89. The highest BCUT2D eigenvalue weighted by Crippen LogP contribution is 2.41. The molecule has 12 heteroatoms. The summed E-state index contributed by atoms with van der Waals surface area (Å²) in [5, 5.41) is 21.0. The summed E-state index contributed by atoms with van der Waals surface area (Å²) in [6, 6.07) is 0. The Morgan fingerprint density at radius 2 is 1.96 bits per heavy atom. The SMILES string of the molecule is CC(C)(C)[Si](C)(C)OC[C@H]1O[C@@H](n2cnc3c(O)nnnc32)[C@@H]2OC(=S)O[C@@H]21. The van der Waals surface area contributed by atoms with Gasteiger partial charge in [0, 0.05) is 12.2 Å². The van der Waals surface area contributed by atoms with E-state index in [0.29, 0.717) is 12.3 Å². The van der Waals surface area contributed by atoms with Crippen LogP contribution >= 0.6 is 12.2 Å². The van der Waals surface area contributed by atoms with Crippen molar-refractivity contribution in [2.45, 2.75) is 63.4 Å². The zero-order valence-electron chi connectivity index (χ0n) is 16.3. The zero-order chi connectivity index (χ0) is 20.3. The quantitative estimate of drug-likeness (QED) is 0.575. The van der Waals surface area contributed by atoms with E-state index >= 15 is 0 Å². The molecule has 0 unspecified atom stereocenters. The third-order valence-electron chi connectivity index (χ3n) is 5.70. The van der Waals surface area contributed by atoms with Crippen LogP contribution in [0.2, 0.25) is 18.1 Å². The molecule has 0 bridgehead atoms. The van der Waals surface area contributed by atoms with Gasteiger partial charge in [-0.3, -0.25) is 4.57 Å². The summed E-state index contributed by atoms with van der Waals surface area (Å²) in [6.45, 7) is 11.3. The van der Waals surface area contributed by atoms with Crippen molar-refractivity contribution < 1.29 is 23.7 Å². The summed E-state index contributed by atoms with van der Waals surface area (Å²) >= 11 is 5.11. The lowest BCUT2D eigenvalue weighted by molar-refractivity contribution is -0.0581. The Labute approximate surface area is 168 Å². The first kappa shape index (κ1) is 19.4. The molecule has 0 amide bonds. The zero-order valence-corrected chi connectivity index (χ0v) is 18.1. The summed E-state index contributed by atoms with van der Waals surface area (Å²) < 4.78 is 25.6. The number of aromatic hydroxyl groups is 1. The molecule has 0 radical (unpaired) electrons. The maximum atomic E-state index is 9.84. The molecule has 152 valence electrons. The van der Waals surface area contributed by atoms with Gasteiger partial charge in [0.1, 0.15) is 6.10 Å². The van der Waals surface area contributed by atoms with Crippen molar-refractivity contribution in [3.63, 3.8) is 0 Å². The van der Waals surface area contributed by atoms with Crippen molar-refractivity contribution in [3.8, 4) is 5.88 Å². The Bertz CT molecular complexity index is 916. The molecule has 4 heterocycles. The summed E-state index contributed by atoms with van der Waals surface area (Å²) in [5.74, 6) is -0.296. The fourth-order valence-corrected chi connectivity index (χ4v) is 4.28. The van der Waals surface area contributed by atoms with E-state index in [2.05, 4.69) is 54.3 Å². The van der Waals surface area contributed by atoms with Crippen LogP contribution in [0.15, 0.2) is 6.33 Å². The van der Waals surface area contributed by atoms with Crippen LogP contribution in [0.4, 0.5) is 0 Å². The molecule has 10 nitrogen and oxygen atoms in total. The van der Waals surface area contributed by atoms with Crippen LogP contribution in [0.1, 0.15) is 27.0 Å². The number of hydrogen-bond acceptors (Lipinski definition) is 10. The molecular weight excluding hydrogens is 402 g/mol. The van der Waals surface area contributed by atoms with Crippen molar-refractivity contribution >= 4 is 36.9 Å². The minimum Gasteiger partial charge on any atom is -0.491 e. The summed E-state index contributed by atoms with van der Waals surface area (Å²) in [5.41, 5.74) is 0.571. The van der Waals surface area contributed by atoms with Crippen LogP contribution in [-0.4, -0.2) is 68.5 Å². The van der Waals surface area contributed by atoms with Crippen molar-refractivity contribution in [1.82, 2.24) is 25.0 Å². The Kier molecular flexibility index (Phi) is 4.56. The maximum Gasteiger partial charge on any atom is 0.353 e. The van der Waals surface area contributed by atoms with E-state index in [9.17, 15) is 5.11 Å². The molecule has 2 aliphatic rings. The van der Waals surface area contributed by atoms with Gasteiger partial charge in [-0.05, 0) is 23.3 Å². The van der Waals surface area contributed by atoms with Gasteiger partial charge in [0.25, 0.3) is 5.88 Å². The number of aromatic nitrogens is 5. The summed E-state index contributed by atoms with van der Waals surface area (Å²) in [7, 11) is -1.96. The predicted octanol–water partition coefficient (Wildman–Crippen LogP) is 1.91. The fourth-order valence-electron chi connectivity index (χ4n) is 3.04. The first-order chi connectivity index (χ1) is 13.1. The monoisotopic (exact) mass is 425 g/mol. The third kappa shape index (κ3) is 3.13. The Morgan fingerprint density at radius 1 is 1.25 bits per heavy atom. The molecule has 0 saturated carbocycles. The van der Waals surface area contributed by atoms with Crippen LogP contribution in [0.5, 0.6) is 5.88 Å². The summed E-state index contributed by atoms with van der Waals surface area (Å²) in [6.07, 6.45) is -0.340. The van der Waals surface area contributed by atoms with E-state index in [-0.39, 0.29) is 27.8 Å². The lowest BCUT2D eigenvalue weighted by Gasteiger charge is -2.37. The molecular formula is C16H23N5O5SSi. The highest BCUT2D eigenvalue weighted by molar-refractivity contribution is 7.79. The van der Waals surface area contributed by atoms with Gasteiger partial charge in [-0.15, -0.1) is 5.10 Å². The second-order valence-electron chi connectivity index (χ2n) is 8.49. The average molecular weight is 426 g/mol. The van der Waals surface area contributed by atoms with E-state index in [0.717, 1.165) is 0 Å². The molecule has 0 spiro atoms. The van der Waals surface area contributed by atoms with E-state index in [1.165, 1.54) is 6.33 Å². The number of imidazole rings is 1. The van der Waals surface area contributed by atoms with Gasteiger partial charge < -0.3 is 23.7 Å². The predicted molar refractivity (Wildman–Crippen MR) is 104 cm³/mol. The van der Waals surface area contributed by atoms with Gasteiger partial charge in [-0.2, -0.15) is 0 Å². The topological polar surface area (TPSA) is 114 Å². The molecule has 28 heavy (non-hydrogen) atoms. The van der Waals surface area contributed by atoms with Gasteiger partial charge in [0.2, 0.25) is 0 Å². The molecule has 2 aromatic rings. The van der Waals surface area contributed by atoms with Gasteiger partial charge in [0.15, 0.2) is 37.9 Å². The fraction of sp³-hybridized carbons (Fsp3) is 0.688. The van der Waals surface area contributed by atoms with Gasteiger partial charge in [-0.1, -0.05) is 25.9 Å². The Morgan fingerprint density at radius 3 is 2.68 bits per heavy atom. The molecule has 4 rings (SSSR count). The van der Waals surface area contributed by atoms with Crippen LogP contribution in [0, 0.1) is 0 Å². The molecule has 0 aliphatic carbocycles. The van der Waals surface area contributed by atoms with Crippen LogP contribution in [-0.2, 0) is 18.6 Å². The average Bonchev–Trinajstić information content (AvgIpc) is 3.26. The number of ether oxygens (including phenoxy) is 3. The van der Waals surface area contributed by atoms with Gasteiger partial charge in [0.05, 0.1) is 12.9 Å². The molecule has 2 fully saturated rings. The lowest BCUT2D eigenvalue weighted by Crippen LogP contribution is -2.44. The molecule has 0 aromatic carbocycles. The number of rotatable bonds is 4. The number of thiocarbonyl (C=S) groups is 1. The first-order valence-electron chi connectivity index (χ1n) is 9.00. The standard InChI is InChI=1S/C16H23N5O5SSi/c1-16(2,3)28(4,5)23-6-8-10-11(26-15(27)25-10)14(24-8)21-7-17-9-12(21)18-20-19-13(9)22/h7-8,10-11,14H,6H2,1-5H3,(H,18,19,22)/t8-,10-,11-,14-/m1/s1. The lowest BCUT2D eigenvalue weighted by atomic mass is 10.1. The smallest absolute Gasteiger partial charge is 0.353 e. The van der Waals surface area contributed by atoms with Crippen molar-refractivity contribution in [3.05, 3.63) is 6.33 Å². The second-order valence-corrected chi connectivity index (χ2v) is 13.6. The molecule has 2 aliphatic heterocycles. The highest BCUT2D eigenvalue weighted by Gasteiger charge is 2.55. The van der Waals surface area contributed by atoms with Crippen molar-refractivity contribution in [2.75, 3.05) is 6.61 Å². The second kappa shape index (κ2) is 6.58. The molecule has 4 atom stereocenters. The minimum atomic E-state index is -1.96. The van der Waals surface area contributed by atoms with Gasteiger partial charge in [-0.25, -0.2) is 4.98 Å².